The molecule has 1 aromatic rings. The van der Waals surface area contributed by atoms with Gasteiger partial charge < -0.3 is 10.5 Å². The summed E-state index contributed by atoms with van der Waals surface area (Å²) in [5.74, 6) is -0.0200. The predicted molar refractivity (Wildman–Crippen MR) is 62.0 cm³/mol. The molecule has 0 aliphatic carbocycles. The number of nitrogens with two attached hydrogens (primary N) is 1. The van der Waals surface area contributed by atoms with Gasteiger partial charge in [0, 0.05) is 12.6 Å². The van der Waals surface area contributed by atoms with E-state index >= 15 is 0 Å². The molecule has 0 amide bonds. The number of hydrogen-bond acceptors (Lipinski definition) is 2. The van der Waals surface area contributed by atoms with Crippen molar-refractivity contribution in [1.82, 2.24) is 0 Å². The smallest absolute Gasteiger partial charge is 0.142 e. The van der Waals surface area contributed by atoms with E-state index in [1.807, 2.05) is 6.07 Å². The van der Waals surface area contributed by atoms with Gasteiger partial charge in [-0.15, -0.1) is 0 Å². The lowest BCUT2D eigenvalue weighted by Gasteiger charge is -2.18. The monoisotopic (exact) mass is 243 g/mol. The van der Waals surface area contributed by atoms with Crippen molar-refractivity contribution in [1.29, 1.82) is 0 Å². The van der Waals surface area contributed by atoms with Crippen molar-refractivity contribution in [2.24, 2.45) is 11.7 Å². The van der Waals surface area contributed by atoms with Gasteiger partial charge in [-0.3, -0.25) is 0 Å². The minimum absolute atomic E-state index is 0.0122. The minimum atomic E-state index is -0.381. The summed E-state index contributed by atoms with van der Waals surface area (Å²) in [6, 6.07) is 4.83. The molecule has 1 aromatic carbocycles. The van der Waals surface area contributed by atoms with Crippen molar-refractivity contribution in [2.45, 2.75) is 18.9 Å². The van der Waals surface area contributed by atoms with E-state index in [4.69, 9.17) is 22.1 Å². The third kappa shape index (κ3) is 2.54. The Morgan fingerprint density at radius 1 is 1.56 bits per heavy atom. The molecular weight excluding hydrogens is 229 g/mol. The summed E-state index contributed by atoms with van der Waals surface area (Å²) in [5, 5.41) is 0.192. The molecule has 1 aliphatic heterocycles. The van der Waals surface area contributed by atoms with Gasteiger partial charge in [0.05, 0.1) is 11.6 Å². The summed E-state index contributed by atoms with van der Waals surface area (Å²) in [5.41, 5.74) is 6.85. The molecular formula is C12H15ClFNO. The van der Waals surface area contributed by atoms with Gasteiger partial charge >= 0.3 is 0 Å². The molecule has 1 aliphatic rings. The Hall–Kier alpha value is -0.640. The summed E-state index contributed by atoms with van der Waals surface area (Å²) in [7, 11) is 0. The number of ether oxygens (including phenoxy) is 1. The summed E-state index contributed by atoms with van der Waals surface area (Å²) >= 11 is 5.88. The molecule has 88 valence electrons. The number of rotatable bonds is 3. The maximum absolute atomic E-state index is 13.2. The largest absolute Gasteiger partial charge is 0.381 e. The molecule has 0 spiro atoms. The summed E-state index contributed by atoms with van der Waals surface area (Å²) in [6.07, 6.45) is 1.58. The van der Waals surface area contributed by atoms with Crippen LogP contribution in [0.2, 0.25) is 5.02 Å². The van der Waals surface area contributed by atoms with Crippen LogP contribution < -0.4 is 5.73 Å². The van der Waals surface area contributed by atoms with Gasteiger partial charge in [0.25, 0.3) is 0 Å². The highest BCUT2D eigenvalue weighted by atomic mass is 35.5. The van der Waals surface area contributed by atoms with E-state index in [1.54, 1.807) is 6.07 Å². The van der Waals surface area contributed by atoms with Crippen LogP contribution in [0.1, 0.15) is 12.0 Å². The Kier molecular flexibility index (Phi) is 3.79. The zero-order valence-corrected chi connectivity index (χ0v) is 9.71. The molecule has 0 radical (unpaired) electrons. The SMILES string of the molecule is NC(Cc1cccc(F)c1Cl)C1CCOC1. The highest BCUT2D eigenvalue weighted by Crippen LogP contribution is 2.24. The van der Waals surface area contributed by atoms with E-state index in [0.29, 0.717) is 18.9 Å². The lowest BCUT2D eigenvalue weighted by molar-refractivity contribution is 0.180. The number of hydrogen-bond donors (Lipinski definition) is 1. The third-order valence-corrected chi connectivity index (χ3v) is 3.48. The van der Waals surface area contributed by atoms with Crippen LogP contribution in [0.4, 0.5) is 4.39 Å². The molecule has 2 unspecified atom stereocenters. The third-order valence-electron chi connectivity index (χ3n) is 3.06. The number of halogens is 2. The highest BCUT2D eigenvalue weighted by molar-refractivity contribution is 6.31. The first kappa shape index (κ1) is 11.8. The van der Waals surface area contributed by atoms with Gasteiger partial charge in [0.1, 0.15) is 5.82 Å². The van der Waals surface area contributed by atoms with Crippen molar-refractivity contribution in [3.63, 3.8) is 0 Å². The second-order valence-corrected chi connectivity index (χ2v) is 4.58. The van der Waals surface area contributed by atoms with Gasteiger partial charge in [-0.05, 0) is 30.4 Å². The van der Waals surface area contributed by atoms with Crippen LogP contribution in [0, 0.1) is 11.7 Å². The Labute approximate surface area is 99.5 Å². The average Bonchev–Trinajstić information content (AvgIpc) is 2.78. The molecule has 2 rings (SSSR count). The van der Waals surface area contributed by atoms with Gasteiger partial charge in [-0.2, -0.15) is 0 Å². The normalized spacial score (nSPS) is 22.3. The van der Waals surface area contributed by atoms with Crippen molar-refractivity contribution in [3.05, 3.63) is 34.6 Å². The molecule has 16 heavy (non-hydrogen) atoms. The van der Waals surface area contributed by atoms with E-state index in [9.17, 15) is 4.39 Å². The van der Waals surface area contributed by atoms with E-state index in [-0.39, 0.29) is 16.9 Å². The molecule has 1 saturated heterocycles. The Morgan fingerprint density at radius 3 is 3.06 bits per heavy atom. The highest BCUT2D eigenvalue weighted by Gasteiger charge is 2.23. The standard InChI is InChI=1S/C12H15ClFNO/c13-12-8(2-1-3-10(12)14)6-11(15)9-4-5-16-7-9/h1-3,9,11H,4-7,15H2. The minimum Gasteiger partial charge on any atom is -0.381 e. The fourth-order valence-electron chi connectivity index (χ4n) is 2.02. The molecule has 0 bridgehead atoms. The van der Waals surface area contributed by atoms with Crippen molar-refractivity contribution < 1.29 is 9.13 Å². The molecule has 4 heteroatoms. The fraction of sp³-hybridized carbons (Fsp3) is 0.500. The molecule has 0 saturated carbocycles. The van der Waals surface area contributed by atoms with Crippen molar-refractivity contribution in [3.8, 4) is 0 Å². The molecule has 1 fully saturated rings. The fourth-order valence-corrected chi connectivity index (χ4v) is 2.22. The van der Waals surface area contributed by atoms with Crippen LogP contribution in [0.25, 0.3) is 0 Å². The van der Waals surface area contributed by atoms with Gasteiger partial charge in [-0.25, -0.2) is 4.39 Å². The van der Waals surface area contributed by atoms with E-state index in [2.05, 4.69) is 0 Å². The van der Waals surface area contributed by atoms with E-state index in [1.165, 1.54) is 6.07 Å². The Bertz CT molecular complexity index is 366. The van der Waals surface area contributed by atoms with Gasteiger partial charge in [0.2, 0.25) is 0 Å². The summed E-state index contributed by atoms with van der Waals surface area (Å²) < 4.78 is 18.5. The first-order valence-electron chi connectivity index (χ1n) is 5.44. The van der Waals surface area contributed by atoms with Crippen LogP contribution in [0.15, 0.2) is 18.2 Å². The maximum Gasteiger partial charge on any atom is 0.142 e. The van der Waals surface area contributed by atoms with Gasteiger partial charge in [0.15, 0.2) is 0 Å². The maximum atomic E-state index is 13.2. The zero-order valence-electron chi connectivity index (χ0n) is 8.96. The molecule has 0 aromatic heterocycles. The molecule has 2 atom stereocenters. The Balaban J connectivity index is 2.05. The van der Waals surface area contributed by atoms with Crippen LogP contribution in [0.5, 0.6) is 0 Å². The topological polar surface area (TPSA) is 35.2 Å². The van der Waals surface area contributed by atoms with Crippen molar-refractivity contribution in [2.75, 3.05) is 13.2 Å². The van der Waals surface area contributed by atoms with Crippen LogP contribution in [-0.4, -0.2) is 19.3 Å². The molecule has 1 heterocycles. The molecule has 2 N–H and O–H groups in total. The van der Waals surface area contributed by atoms with Crippen LogP contribution in [0.3, 0.4) is 0 Å². The molecule has 2 nitrogen and oxygen atoms in total. The van der Waals surface area contributed by atoms with E-state index < -0.39 is 0 Å². The first-order valence-corrected chi connectivity index (χ1v) is 5.82. The first-order chi connectivity index (χ1) is 7.68. The Morgan fingerprint density at radius 2 is 2.38 bits per heavy atom. The lowest BCUT2D eigenvalue weighted by Crippen LogP contribution is -2.32. The summed E-state index contributed by atoms with van der Waals surface area (Å²) in [6.45, 7) is 1.48. The van der Waals surface area contributed by atoms with Gasteiger partial charge in [-0.1, -0.05) is 23.7 Å². The second kappa shape index (κ2) is 5.13. The average molecular weight is 244 g/mol. The van der Waals surface area contributed by atoms with E-state index in [0.717, 1.165) is 18.6 Å². The van der Waals surface area contributed by atoms with Crippen molar-refractivity contribution >= 4 is 11.6 Å². The lowest BCUT2D eigenvalue weighted by atomic mass is 9.94. The predicted octanol–water partition coefficient (Wildman–Crippen LogP) is 2.39. The zero-order chi connectivity index (χ0) is 11.5. The van der Waals surface area contributed by atoms with Crippen LogP contribution in [-0.2, 0) is 11.2 Å². The quantitative estimate of drug-likeness (QED) is 0.885. The summed E-state index contributed by atoms with van der Waals surface area (Å²) in [4.78, 5) is 0. The van der Waals surface area contributed by atoms with Crippen LogP contribution >= 0.6 is 11.6 Å². The number of benzene rings is 1. The second-order valence-electron chi connectivity index (χ2n) is 4.20.